The summed E-state index contributed by atoms with van der Waals surface area (Å²) in [5.74, 6) is 0.932. The van der Waals surface area contributed by atoms with Crippen molar-refractivity contribution in [1.82, 2.24) is 14.5 Å². The summed E-state index contributed by atoms with van der Waals surface area (Å²) in [5.41, 5.74) is 1.42. The van der Waals surface area contributed by atoms with E-state index in [-0.39, 0.29) is 28.8 Å². The highest BCUT2D eigenvalue weighted by molar-refractivity contribution is 9.10. The van der Waals surface area contributed by atoms with Crippen LogP contribution in [0.15, 0.2) is 57.8 Å². The maximum absolute atomic E-state index is 13.6. The summed E-state index contributed by atoms with van der Waals surface area (Å²) >= 11 is 3.47. The Morgan fingerprint density at radius 2 is 1.76 bits per heavy atom. The largest absolute Gasteiger partial charge is 0.336 e. The molecule has 0 aliphatic rings. The number of carbonyl (C=O) groups excluding carboxylic acids is 1. The lowest BCUT2D eigenvalue weighted by Gasteiger charge is -2.31. The van der Waals surface area contributed by atoms with Crippen LogP contribution in [0, 0.1) is 11.3 Å². The molecule has 3 aromatic rings. The van der Waals surface area contributed by atoms with Crippen LogP contribution >= 0.6 is 15.9 Å². The minimum absolute atomic E-state index is 0.0726. The molecule has 33 heavy (non-hydrogen) atoms. The normalized spacial score (nSPS) is 13.7. The number of amides is 1. The van der Waals surface area contributed by atoms with E-state index in [0.29, 0.717) is 29.6 Å². The van der Waals surface area contributed by atoms with Crippen molar-refractivity contribution in [3.8, 4) is 5.69 Å². The third-order valence-electron chi connectivity index (χ3n) is 5.92. The fraction of sp³-hybridized carbons (Fsp3) is 0.444. The van der Waals surface area contributed by atoms with E-state index >= 15 is 0 Å². The molecule has 0 aliphatic heterocycles. The number of hydrogen-bond donors (Lipinski definition) is 0. The molecule has 1 amide bonds. The van der Waals surface area contributed by atoms with Crippen LogP contribution in [-0.2, 0) is 4.79 Å². The lowest BCUT2D eigenvalue weighted by Crippen LogP contribution is -2.36. The molecular formula is C27H34BrN3O2. The Labute approximate surface area is 205 Å². The van der Waals surface area contributed by atoms with Crippen molar-refractivity contribution in [2.45, 2.75) is 59.9 Å². The standard InChI is InChI=1S/C27H34BrN3O2/c1-7-23(30(6)24(32)16-18(2)17-27(3,4)5)25-29-22-11-9-8-10-21(22)26(33)31(25)20-14-12-19(28)13-15-20/h8-15,18,23H,7,16-17H2,1-6H3. The summed E-state index contributed by atoms with van der Waals surface area (Å²) in [6, 6.07) is 14.7. The van der Waals surface area contributed by atoms with Gasteiger partial charge in [-0.15, -0.1) is 0 Å². The first-order chi connectivity index (χ1) is 15.5. The first-order valence-electron chi connectivity index (χ1n) is 11.5. The average Bonchev–Trinajstić information content (AvgIpc) is 2.74. The number of carbonyl (C=O) groups is 1. The second kappa shape index (κ2) is 10.2. The van der Waals surface area contributed by atoms with Crippen LogP contribution in [0.2, 0.25) is 0 Å². The second-order valence-corrected chi connectivity index (χ2v) is 11.0. The van der Waals surface area contributed by atoms with E-state index in [2.05, 4.69) is 43.6 Å². The number of aromatic nitrogens is 2. The fourth-order valence-corrected chi connectivity index (χ4v) is 4.84. The monoisotopic (exact) mass is 511 g/mol. The summed E-state index contributed by atoms with van der Waals surface area (Å²) in [5, 5.41) is 0.562. The van der Waals surface area contributed by atoms with Crippen molar-refractivity contribution in [1.29, 1.82) is 0 Å². The van der Waals surface area contributed by atoms with Crippen molar-refractivity contribution >= 4 is 32.7 Å². The number of halogens is 1. The van der Waals surface area contributed by atoms with E-state index in [1.54, 1.807) is 15.5 Å². The van der Waals surface area contributed by atoms with E-state index in [4.69, 9.17) is 4.98 Å². The van der Waals surface area contributed by atoms with Crippen LogP contribution in [0.4, 0.5) is 0 Å². The summed E-state index contributed by atoms with van der Waals surface area (Å²) in [7, 11) is 1.83. The van der Waals surface area contributed by atoms with Crippen LogP contribution in [0.3, 0.4) is 0 Å². The Hall–Kier alpha value is -2.47. The number of benzene rings is 2. The molecule has 0 aliphatic carbocycles. The van der Waals surface area contributed by atoms with Crippen LogP contribution < -0.4 is 5.56 Å². The zero-order chi connectivity index (χ0) is 24.3. The minimum Gasteiger partial charge on any atom is -0.336 e. The Bertz CT molecular complexity index is 1180. The van der Waals surface area contributed by atoms with Gasteiger partial charge in [-0.3, -0.25) is 14.2 Å². The number of nitrogens with zero attached hydrogens (tertiary/aromatic N) is 3. The van der Waals surface area contributed by atoms with Gasteiger partial charge in [0.2, 0.25) is 5.91 Å². The zero-order valence-corrected chi connectivity index (χ0v) is 22.0. The molecule has 5 nitrogen and oxygen atoms in total. The molecule has 0 bridgehead atoms. The predicted molar refractivity (Wildman–Crippen MR) is 139 cm³/mol. The Balaban J connectivity index is 2.07. The molecular weight excluding hydrogens is 478 g/mol. The number of hydrogen-bond acceptors (Lipinski definition) is 3. The molecule has 3 rings (SSSR count). The van der Waals surface area contributed by atoms with Crippen molar-refractivity contribution < 1.29 is 4.79 Å². The molecule has 2 aromatic carbocycles. The van der Waals surface area contributed by atoms with Crippen LogP contribution in [0.25, 0.3) is 16.6 Å². The minimum atomic E-state index is -0.319. The highest BCUT2D eigenvalue weighted by Crippen LogP contribution is 2.29. The molecule has 0 saturated heterocycles. The quantitative estimate of drug-likeness (QED) is 0.362. The van der Waals surface area contributed by atoms with Crippen LogP contribution in [0.1, 0.15) is 65.7 Å². The maximum Gasteiger partial charge on any atom is 0.266 e. The topological polar surface area (TPSA) is 55.2 Å². The lowest BCUT2D eigenvalue weighted by molar-refractivity contribution is -0.133. The van der Waals surface area contributed by atoms with E-state index in [0.717, 1.165) is 16.6 Å². The molecule has 176 valence electrons. The first-order valence-corrected chi connectivity index (χ1v) is 12.3. The molecule has 1 heterocycles. The molecule has 1 aromatic heterocycles. The summed E-state index contributed by atoms with van der Waals surface area (Å²) in [6.07, 6.45) is 2.10. The van der Waals surface area contributed by atoms with Gasteiger partial charge in [-0.2, -0.15) is 0 Å². The predicted octanol–water partition coefficient (Wildman–Crippen LogP) is 6.52. The van der Waals surface area contributed by atoms with Gasteiger partial charge in [-0.05, 0) is 60.6 Å². The number of fused-ring (bicyclic) bond motifs is 1. The first kappa shape index (κ1) is 25.2. The molecule has 0 spiro atoms. The van der Waals surface area contributed by atoms with E-state index in [9.17, 15) is 9.59 Å². The van der Waals surface area contributed by atoms with Gasteiger partial charge in [0, 0.05) is 17.9 Å². The van der Waals surface area contributed by atoms with Gasteiger partial charge in [0.1, 0.15) is 5.82 Å². The van der Waals surface area contributed by atoms with Crippen LogP contribution in [-0.4, -0.2) is 27.4 Å². The van der Waals surface area contributed by atoms with Gasteiger partial charge in [0.15, 0.2) is 0 Å². The van der Waals surface area contributed by atoms with Crippen molar-refractivity contribution in [2.75, 3.05) is 7.05 Å². The van der Waals surface area contributed by atoms with Crippen molar-refractivity contribution in [3.05, 3.63) is 69.2 Å². The molecule has 0 radical (unpaired) electrons. The summed E-state index contributed by atoms with van der Waals surface area (Å²) in [4.78, 5) is 33.5. The molecule has 2 unspecified atom stereocenters. The fourth-order valence-electron chi connectivity index (χ4n) is 4.58. The van der Waals surface area contributed by atoms with E-state index in [1.165, 1.54) is 0 Å². The molecule has 6 heteroatoms. The Morgan fingerprint density at radius 1 is 1.12 bits per heavy atom. The lowest BCUT2D eigenvalue weighted by atomic mass is 9.84. The average molecular weight is 512 g/mol. The molecule has 2 atom stereocenters. The summed E-state index contributed by atoms with van der Waals surface area (Å²) in [6.45, 7) is 10.7. The summed E-state index contributed by atoms with van der Waals surface area (Å²) < 4.78 is 2.59. The van der Waals surface area contributed by atoms with Crippen molar-refractivity contribution in [3.63, 3.8) is 0 Å². The SMILES string of the molecule is CCC(c1nc2ccccc2c(=O)n1-c1ccc(Br)cc1)N(C)C(=O)CC(C)CC(C)(C)C. The maximum atomic E-state index is 13.6. The molecule has 0 fully saturated rings. The number of rotatable bonds is 7. The zero-order valence-electron chi connectivity index (χ0n) is 20.4. The van der Waals surface area contributed by atoms with Gasteiger partial charge in [-0.1, -0.05) is 62.7 Å². The van der Waals surface area contributed by atoms with Gasteiger partial charge in [-0.25, -0.2) is 4.98 Å². The Morgan fingerprint density at radius 3 is 2.36 bits per heavy atom. The number of para-hydroxylation sites is 1. The third kappa shape index (κ3) is 5.91. The van der Waals surface area contributed by atoms with Crippen LogP contribution in [0.5, 0.6) is 0 Å². The van der Waals surface area contributed by atoms with E-state index in [1.807, 2.05) is 56.4 Å². The van der Waals surface area contributed by atoms with Gasteiger partial charge in [0.25, 0.3) is 5.56 Å². The van der Waals surface area contributed by atoms with Gasteiger partial charge < -0.3 is 4.90 Å². The van der Waals surface area contributed by atoms with Gasteiger partial charge in [0.05, 0.1) is 22.6 Å². The molecule has 0 saturated carbocycles. The third-order valence-corrected chi connectivity index (χ3v) is 6.44. The smallest absolute Gasteiger partial charge is 0.266 e. The highest BCUT2D eigenvalue weighted by atomic mass is 79.9. The highest BCUT2D eigenvalue weighted by Gasteiger charge is 2.28. The van der Waals surface area contributed by atoms with Gasteiger partial charge >= 0.3 is 0 Å². The van der Waals surface area contributed by atoms with Crippen molar-refractivity contribution in [2.24, 2.45) is 11.3 Å². The Kier molecular flexibility index (Phi) is 7.78. The van der Waals surface area contributed by atoms with E-state index < -0.39 is 0 Å². The second-order valence-electron chi connectivity index (χ2n) is 10.1. The molecule has 0 N–H and O–H groups in total.